The Morgan fingerprint density at radius 2 is 2.12 bits per heavy atom. The average molecular weight is 329 g/mol. The first kappa shape index (κ1) is 15.2. The number of amides is 1. The van der Waals surface area contributed by atoms with Crippen molar-refractivity contribution < 1.29 is 23.8 Å². The summed E-state index contributed by atoms with van der Waals surface area (Å²) in [4.78, 5) is 26.0. The fourth-order valence-electron chi connectivity index (χ4n) is 3.35. The smallest absolute Gasteiger partial charge is 0.411 e. The van der Waals surface area contributed by atoms with Crippen LogP contribution in [0.4, 0.5) is 4.79 Å². The molecule has 2 fully saturated rings. The zero-order valence-electron chi connectivity index (χ0n) is 13.2. The topological polar surface area (TPSA) is 65.1 Å². The standard InChI is InChI=1S/C18H19NO5/c20-14-11-22-15-7-10-19(16(14)15)17(21)24-18(8-4-9-18)12-23-13-5-2-1-3-6-13/h1-6,8,15-16H,7,9-12H2/t15-,16-,18?/m1/s1. The maximum absolute atomic E-state index is 12.6. The van der Waals surface area contributed by atoms with Crippen LogP contribution in [-0.2, 0) is 14.3 Å². The normalized spacial score (nSPS) is 30.8. The van der Waals surface area contributed by atoms with E-state index < -0.39 is 17.7 Å². The number of rotatable bonds is 4. The Hall–Kier alpha value is -2.34. The molecule has 4 rings (SSSR count). The van der Waals surface area contributed by atoms with E-state index in [1.54, 1.807) is 0 Å². The molecule has 1 aromatic rings. The molecule has 0 spiro atoms. The first-order chi connectivity index (χ1) is 11.7. The minimum Gasteiger partial charge on any atom is -0.489 e. The highest BCUT2D eigenvalue weighted by molar-refractivity contribution is 5.91. The van der Waals surface area contributed by atoms with Gasteiger partial charge in [-0.1, -0.05) is 24.3 Å². The van der Waals surface area contributed by atoms with Crippen molar-refractivity contribution in [3.8, 4) is 5.75 Å². The molecule has 1 aromatic carbocycles. The summed E-state index contributed by atoms with van der Waals surface area (Å²) in [6, 6.07) is 8.92. The van der Waals surface area contributed by atoms with Gasteiger partial charge in [-0.2, -0.15) is 0 Å². The third-order valence-electron chi connectivity index (χ3n) is 4.75. The highest BCUT2D eigenvalue weighted by atomic mass is 16.6. The SMILES string of the molecule is O=C1CO[C@@H]2CCN(C(=O)OC3(COc4ccccc4)C=CC3)[C@H]12. The van der Waals surface area contributed by atoms with Crippen molar-refractivity contribution in [2.24, 2.45) is 0 Å². The fraction of sp³-hybridized carbons (Fsp3) is 0.444. The number of hydrogen-bond acceptors (Lipinski definition) is 5. The Balaban J connectivity index is 1.40. The molecule has 0 aromatic heterocycles. The average Bonchev–Trinajstić information content (AvgIpc) is 3.14. The maximum atomic E-state index is 12.6. The lowest BCUT2D eigenvalue weighted by atomic mass is 9.90. The molecule has 1 unspecified atom stereocenters. The fourth-order valence-corrected chi connectivity index (χ4v) is 3.35. The summed E-state index contributed by atoms with van der Waals surface area (Å²) < 4.78 is 16.9. The largest absolute Gasteiger partial charge is 0.489 e. The molecule has 3 atom stereocenters. The van der Waals surface area contributed by atoms with Crippen LogP contribution in [-0.4, -0.2) is 54.3 Å². The summed E-state index contributed by atoms with van der Waals surface area (Å²) in [7, 11) is 0. The summed E-state index contributed by atoms with van der Waals surface area (Å²) in [5.41, 5.74) is -0.756. The second-order valence-corrected chi connectivity index (χ2v) is 6.38. The van der Waals surface area contributed by atoms with E-state index in [1.807, 2.05) is 42.5 Å². The van der Waals surface area contributed by atoms with Crippen molar-refractivity contribution in [2.45, 2.75) is 30.6 Å². The van der Waals surface area contributed by atoms with Gasteiger partial charge in [0, 0.05) is 13.0 Å². The van der Waals surface area contributed by atoms with Gasteiger partial charge < -0.3 is 14.2 Å². The van der Waals surface area contributed by atoms with E-state index >= 15 is 0 Å². The van der Waals surface area contributed by atoms with Gasteiger partial charge >= 0.3 is 6.09 Å². The van der Waals surface area contributed by atoms with Crippen LogP contribution >= 0.6 is 0 Å². The number of nitrogens with zero attached hydrogens (tertiary/aromatic N) is 1. The van der Waals surface area contributed by atoms with Crippen molar-refractivity contribution >= 4 is 11.9 Å². The third-order valence-corrected chi connectivity index (χ3v) is 4.75. The molecule has 2 aliphatic heterocycles. The summed E-state index contributed by atoms with van der Waals surface area (Å²) >= 11 is 0. The van der Waals surface area contributed by atoms with Crippen LogP contribution in [0.2, 0.25) is 0 Å². The van der Waals surface area contributed by atoms with Crippen molar-refractivity contribution in [1.82, 2.24) is 4.90 Å². The monoisotopic (exact) mass is 329 g/mol. The van der Waals surface area contributed by atoms with Crippen LogP contribution < -0.4 is 4.74 Å². The van der Waals surface area contributed by atoms with Crippen LogP contribution in [0.3, 0.4) is 0 Å². The van der Waals surface area contributed by atoms with Crippen molar-refractivity contribution in [3.05, 3.63) is 42.5 Å². The van der Waals surface area contributed by atoms with Gasteiger partial charge in [0.1, 0.15) is 25.0 Å². The van der Waals surface area contributed by atoms with E-state index in [-0.39, 0.29) is 25.1 Å². The molecule has 1 aliphatic carbocycles. The summed E-state index contributed by atoms with van der Waals surface area (Å²) in [5.74, 6) is 0.682. The lowest BCUT2D eigenvalue weighted by molar-refractivity contribution is -0.121. The zero-order valence-corrected chi connectivity index (χ0v) is 13.2. The number of fused-ring (bicyclic) bond motifs is 1. The van der Waals surface area contributed by atoms with E-state index in [4.69, 9.17) is 14.2 Å². The predicted molar refractivity (Wildman–Crippen MR) is 84.8 cm³/mol. The summed E-state index contributed by atoms with van der Waals surface area (Å²) in [6.07, 6.45) is 4.42. The highest BCUT2D eigenvalue weighted by Crippen LogP contribution is 2.33. The number of carbonyl (C=O) groups is 2. The van der Waals surface area contributed by atoms with Gasteiger partial charge in [-0.15, -0.1) is 0 Å². The molecule has 24 heavy (non-hydrogen) atoms. The molecule has 126 valence electrons. The number of carbonyl (C=O) groups excluding carboxylic acids is 2. The Bertz CT molecular complexity index is 673. The number of ketones is 1. The molecular formula is C18H19NO5. The molecule has 0 radical (unpaired) electrons. The lowest BCUT2D eigenvalue weighted by Gasteiger charge is -2.36. The van der Waals surface area contributed by atoms with E-state index in [0.717, 1.165) is 5.75 Å². The number of ether oxygens (including phenoxy) is 3. The molecule has 0 bridgehead atoms. The minimum absolute atomic E-state index is 0.0480. The molecular weight excluding hydrogens is 310 g/mol. The molecule has 3 aliphatic rings. The number of Topliss-reactive ketones (excluding diaryl/α,β-unsaturated/α-hetero) is 1. The van der Waals surface area contributed by atoms with Gasteiger partial charge in [0.2, 0.25) is 0 Å². The summed E-state index contributed by atoms with van der Waals surface area (Å²) in [6.45, 7) is 0.826. The number of para-hydroxylation sites is 1. The van der Waals surface area contributed by atoms with Gasteiger partial charge in [-0.05, 0) is 24.6 Å². The molecule has 6 heteroatoms. The van der Waals surface area contributed by atoms with Gasteiger partial charge in [-0.3, -0.25) is 9.69 Å². The van der Waals surface area contributed by atoms with Crippen molar-refractivity contribution in [1.29, 1.82) is 0 Å². The third kappa shape index (κ3) is 2.67. The van der Waals surface area contributed by atoms with Crippen LogP contribution in [0.25, 0.3) is 0 Å². The van der Waals surface area contributed by atoms with Gasteiger partial charge in [0.05, 0.1) is 6.10 Å². The number of likely N-dealkylation sites (tertiary alicyclic amines) is 1. The molecule has 2 saturated heterocycles. The van der Waals surface area contributed by atoms with Crippen LogP contribution in [0.5, 0.6) is 5.75 Å². The van der Waals surface area contributed by atoms with Gasteiger partial charge in [0.15, 0.2) is 11.4 Å². The van der Waals surface area contributed by atoms with Crippen LogP contribution in [0.1, 0.15) is 12.8 Å². The number of benzene rings is 1. The quantitative estimate of drug-likeness (QED) is 0.790. The maximum Gasteiger partial charge on any atom is 0.411 e. The Labute approximate surface area is 140 Å². The molecule has 1 amide bonds. The van der Waals surface area contributed by atoms with Crippen molar-refractivity contribution in [2.75, 3.05) is 19.8 Å². The first-order valence-electron chi connectivity index (χ1n) is 8.16. The number of hydrogen-bond donors (Lipinski definition) is 0. The van der Waals surface area contributed by atoms with Crippen LogP contribution in [0, 0.1) is 0 Å². The van der Waals surface area contributed by atoms with E-state index in [9.17, 15) is 9.59 Å². The van der Waals surface area contributed by atoms with Crippen LogP contribution in [0.15, 0.2) is 42.5 Å². The van der Waals surface area contributed by atoms with E-state index in [2.05, 4.69) is 0 Å². The molecule has 2 heterocycles. The second kappa shape index (κ2) is 5.94. The molecule has 0 N–H and O–H groups in total. The van der Waals surface area contributed by atoms with E-state index in [0.29, 0.717) is 19.4 Å². The Morgan fingerprint density at radius 1 is 1.33 bits per heavy atom. The van der Waals surface area contributed by atoms with Crippen molar-refractivity contribution in [3.63, 3.8) is 0 Å². The Morgan fingerprint density at radius 3 is 2.83 bits per heavy atom. The first-order valence-corrected chi connectivity index (χ1v) is 8.16. The van der Waals surface area contributed by atoms with Gasteiger partial charge in [0.25, 0.3) is 0 Å². The second-order valence-electron chi connectivity index (χ2n) is 6.38. The highest BCUT2D eigenvalue weighted by Gasteiger charge is 2.49. The lowest BCUT2D eigenvalue weighted by Crippen LogP contribution is -2.49. The van der Waals surface area contributed by atoms with E-state index in [1.165, 1.54) is 4.90 Å². The molecule has 6 nitrogen and oxygen atoms in total. The zero-order chi connectivity index (χ0) is 16.6. The predicted octanol–water partition coefficient (Wildman–Crippen LogP) is 1.94. The summed E-state index contributed by atoms with van der Waals surface area (Å²) in [5, 5.41) is 0. The Kier molecular flexibility index (Phi) is 3.76. The minimum atomic E-state index is -0.756. The van der Waals surface area contributed by atoms with Gasteiger partial charge in [-0.25, -0.2) is 4.79 Å². The molecule has 0 saturated carbocycles.